The van der Waals surface area contributed by atoms with Crippen molar-refractivity contribution in [1.29, 1.82) is 0 Å². The monoisotopic (exact) mass is 677 g/mol. The maximum absolute atomic E-state index is 3.95. The van der Waals surface area contributed by atoms with Crippen LogP contribution in [0.4, 0.5) is 11.4 Å². The third-order valence-corrected chi connectivity index (χ3v) is 9.89. The van der Waals surface area contributed by atoms with Crippen molar-refractivity contribution >= 4 is 23.0 Å². The highest BCUT2D eigenvalue weighted by atomic mass is 15.2. The summed E-state index contributed by atoms with van der Waals surface area (Å²) in [6, 6.07) is 37.6. The van der Waals surface area contributed by atoms with Gasteiger partial charge in [0.05, 0.1) is 6.04 Å². The van der Waals surface area contributed by atoms with Crippen LogP contribution in [0.25, 0.3) is 11.6 Å². The molecule has 1 aliphatic carbocycles. The molecule has 260 valence electrons. The number of anilines is 2. The predicted molar refractivity (Wildman–Crippen MR) is 227 cm³/mol. The Balaban J connectivity index is 1.43. The van der Waals surface area contributed by atoms with Crippen LogP contribution in [0.5, 0.6) is 0 Å². The molecule has 0 amide bonds. The second-order valence-corrected chi connectivity index (χ2v) is 13.6. The lowest BCUT2D eigenvalue weighted by molar-refractivity contribution is 0.784. The zero-order valence-electron chi connectivity index (χ0n) is 31.0. The van der Waals surface area contributed by atoms with Gasteiger partial charge in [0.1, 0.15) is 0 Å². The number of nitrogens with zero attached hydrogens (tertiary/aromatic N) is 1. The van der Waals surface area contributed by atoms with Crippen molar-refractivity contribution < 1.29 is 0 Å². The van der Waals surface area contributed by atoms with Gasteiger partial charge in [0.15, 0.2) is 0 Å². The van der Waals surface area contributed by atoms with Crippen LogP contribution in [0.1, 0.15) is 79.8 Å². The van der Waals surface area contributed by atoms with Crippen LogP contribution in [0.2, 0.25) is 0 Å². The van der Waals surface area contributed by atoms with Gasteiger partial charge in [0, 0.05) is 22.9 Å². The van der Waals surface area contributed by atoms with Crippen LogP contribution >= 0.6 is 0 Å². The lowest BCUT2D eigenvalue weighted by Gasteiger charge is -2.47. The molecular formula is C51H51N. The predicted octanol–water partition coefficient (Wildman–Crippen LogP) is 14.2. The third kappa shape index (κ3) is 8.61. The Labute approximate surface area is 312 Å². The molecule has 0 fully saturated rings. The van der Waals surface area contributed by atoms with Crippen LogP contribution in [-0.4, -0.2) is 0 Å². The van der Waals surface area contributed by atoms with Gasteiger partial charge in [-0.05, 0) is 90.3 Å². The molecule has 0 saturated heterocycles. The Morgan fingerprint density at radius 3 is 2.52 bits per heavy atom. The first-order valence-electron chi connectivity index (χ1n) is 18.8. The first-order chi connectivity index (χ1) is 25.6. The average Bonchev–Trinajstić information content (AvgIpc) is 3.27. The minimum atomic E-state index is 0.0647. The van der Waals surface area contributed by atoms with E-state index in [1.54, 1.807) is 0 Å². The maximum atomic E-state index is 3.95. The molecule has 2 unspecified atom stereocenters. The van der Waals surface area contributed by atoms with Crippen LogP contribution < -0.4 is 4.90 Å². The molecule has 1 heteroatoms. The fourth-order valence-electron chi connectivity index (χ4n) is 7.39. The average molecular weight is 678 g/mol. The number of fused-ring (bicyclic) bond motifs is 1. The molecular weight excluding hydrogens is 627 g/mol. The maximum Gasteiger partial charge on any atom is 0.0873 e. The fraction of sp³-hybridized carbons (Fsp3) is 0.176. The minimum absolute atomic E-state index is 0.0647. The Morgan fingerprint density at radius 2 is 1.69 bits per heavy atom. The molecule has 1 heterocycles. The molecule has 52 heavy (non-hydrogen) atoms. The molecule has 2 atom stereocenters. The summed E-state index contributed by atoms with van der Waals surface area (Å²) in [6.45, 7) is 10.6. The van der Waals surface area contributed by atoms with Gasteiger partial charge in [0.25, 0.3) is 0 Å². The summed E-state index contributed by atoms with van der Waals surface area (Å²) in [6.07, 6.45) is 32.9. The van der Waals surface area contributed by atoms with Crippen molar-refractivity contribution in [2.24, 2.45) is 0 Å². The molecule has 0 N–H and O–H groups in total. The topological polar surface area (TPSA) is 3.24 Å². The number of hydrogen-bond donors (Lipinski definition) is 0. The molecule has 0 radical (unpaired) electrons. The van der Waals surface area contributed by atoms with E-state index in [4.69, 9.17) is 0 Å². The van der Waals surface area contributed by atoms with E-state index in [0.717, 1.165) is 25.7 Å². The van der Waals surface area contributed by atoms with Gasteiger partial charge in [-0.3, -0.25) is 0 Å². The molecule has 0 bridgehead atoms. The van der Waals surface area contributed by atoms with E-state index in [9.17, 15) is 0 Å². The molecule has 4 aromatic rings. The summed E-state index contributed by atoms with van der Waals surface area (Å²) < 4.78 is 0. The quantitative estimate of drug-likeness (QED) is 0.127. The van der Waals surface area contributed by atoms with Crippen LogP contribution in [0, 0.1) is 0 Å². The zero-order chi connectivity index (χ0) is 36.1. The second-order valence-electron chi connectivity index (χ2n) is 13.6. The summed E-state index contributed by atoms with van der Waals surface area (Å²) >= 11 is 0. The Morgan fingerprint density at radius 1 is 0.885 bits per heavy atom. The van der Waals surface area contributed by atoms with Crippen molar-refractivity contribution in [2.75, 3.05) is 4.90 Å². The normalized spacial score (nSPS) is 17.8. The Kier molecular flexibility index (Phi) is 12.5. The van der Waals surface area contributed by atoms with Crippen LogP contribution in [-0.2, 0) is 6.42 Å². The SMILES string of the molecule is C=C/C=C\C(C=Cc1ccccc1)c1cccc(N2c3ccccc3C2/C(=C(C)\C=C/C)c2ccccc2CC2=C/C=C(/CCC)CC=CC=C2)c1. The number of para-hydroxylation sites is 1. The van der Waals surface area contributed by atoms with E-state index in [2.05, 4.69) is 202 Å². The molecule has 0 spiro atoms. The van der Waals surface area contributed by atoms with Crippen LogP contribution in [0.15, 0.2) is 199 Å². The van der Waals surface area contributed by atoms with Gasteiger partial charge in [-0.25, -0.2) is 0 Å². The van der Waals surface area contributed by atoms with E-state index in [1.807, 2.05) is 12.2 Å². The van der Waals surface area contributed by atoms with Crippen LogP contribution in [0.3, 0.4) is 0 Å². The highest BCUT2D eigenvalue weighted by Crippen LogP contribution is 2.55. The van der Waals surface area contributed by atoms with Crippen molar-refractivity contribution in [1.82, 2.24) is 0 Å². The molecule has 2 aliphatic rings. The number of benzene rings is 4. The summed E-state index contributed by atoms with van der Waals surface area (Å²) in [7, 11) is 0. The van der Waals surface area contributed by atoms with Crippen molar-refractivity contribution in [3.05, 3.63) is 227 Å². The summed E-state index contributed by atoms with van der Waals surface area (Å²) in [4.78, 5) is 2.54. The van der Waals surface area contributed by atoms with Gasteiger partial charge in [0.2, 0.25) is 0 Å². The lowest BCUT2D eigenvalue weighted by Crippen LogP contribution is -2.35. The number of rotatable bonds is 13. The third-order valence-electron chi connectivity index (χ3n) is 9.89. The largest absolute Gasteiger partial charge is 0.329 e. The smallest absolute Gasteiger partial charge is 0.0873 e. The summed E-state index contributed by atoms with van der Waals surface area (Å²) in [5, 5.41) is 0. The number of hydrogen-bond acceptors (Lipinski definition) is 1. The van der Waals surface area contributed by atoms with Gasteiger partial charge in [-0.15, -0.1) is 0 Å². The van der Waals surface area contributed by atoms with Gasteiger partial charge in [-0.2, -0.15) is 0 Å². The highest BCUT2D eigenvalue weighted by molar-refractivity contribution is 5.91. The fourth-order valence-corrected chi connectivity index (χ4v) is 7.39. The van der Waals surface area contributed by atoms with Gasteiger partial charge in [-0.1, -0.05) is 189 Å². The van der Waals surface area contributed by atoms with Crippen molar-refractivity contribution in [2.45, 2.75) is 58.4 Å². The molecule has 6 rings (SSSR count). The van der Waals surface area contributed by atoms with E-state index < -0.39 is 0 Å². The molecule has 4 aromatic carbocycles. The van der Waals surface area contributed by atoms with E-state index in [1.165, 1.54) is 61.5 Å². The zero-order valence-corrected chi connectivity index (χ0v) is 31.0. The molecule has 0 saturated carbocycles. The second kappa shape index (κ2) is 18.0. The minimum Gasteiger partial charge on any atom is -0.329 e. The van der Waals surface area contributed by atoms with Gasteiger partial charge >= 0.3 is 0 Å². The highest BCUT2D eigenvalue weighted by Gasteiger charge is 2.39. The lowest BCUT2D eigenvalue weighted by atomic mass is 9.79. The summed E-state index contributed by atoms with van der Waals surface area (Å²) in [5.74, 6) is 0.102. The molecule has 0 aromatic heterocycles. The summed E-state index contributed by atoms with van der Waals surface area (Å²) in [5.41, 5.74) is 14.3. The van der Waals surface area contributed by atoms with Crippen molar-refractivity contribution in [3.8, 4) is 0 Å². The first-order valence-corrected chi connectivity index (χ1v) is 18.8. The van der Waals surface area contributed by atoms with E-state index >= 15 is 0 Å². The Hall–Kier alpha value is -5.66. The molecule has 1 aliphatic heterocycles. The Bertz CT molecular complexity index is 2090. The van der Waals surface area contributed by atoms with E-state index in [0.29, 0.717) is 0 Å². The van der Waals surface area contributed by atoms with E-state index in [-0.39, 0.29) is 12.0 Å². The standard InChI is InChI=1S/C51H51N/c1-5-8-26-43(36-35-41-23-12-9-13-24-41)44-28-19-29-46(38-44)52-49-32-18-17-31-48(49)51(52)50(39(4)20-6-2)47-30-16-15-27-45(47)37-42-25-14-10-11-22-40(21-7-3)33-34-42/h5-6,8-20,23-36,38,43,51H,1,7,21-22,37H2,2-4H3/b11-10?,20-6-,25-14?,26-8-,36-35?,40-33-,42-34?,50-39-. The van der Waals surface area contributed by atoms with Crippen molar-refractivity contribution in [3.63, 3.8) is 0 Å². The number of allylic oxidation sites excluding steroid dienone is 15. The van der Waals surface area contributed by atoms with Gasteiger partial charge < -0.3 is 4.90 Å². The first kappa shape index (κ1) is 36.1. The molecule has 1 nitrogen and oxygen atoms in total.